The lowest BCUT2D eigenvalue weighted by Gasteiger charge is -2.44. The summed E-state index contributed by atoms with van der Waals surface area (Å²) in [5, 5.41) is 10.9. The molecular formula is C28H32O6. The van der Waals surface area contributed by atoms with Gasteiger partial charge in [-0.25, -0.2) is 0 Å². The number of aliphatic hydroxyl groups is 1. The van der Waals surface area contributed by atoms with Gasteiger partial charge in [0.25, 0.3) is 0 Å². The van der Waals surface area contributed by atoms with Crippen molar-refractivity contribution in [3.8, 4) is 0 Å². The Morgan fingerprint density at radius 3 is 1.62 bits per heavy atom. The van der Waals surface area contributed by atoms with Gasteiger partial charge in [-0.2, -0.15) is 0 Å². The molecule has 1 fully saturated rings. The maximum absolute atomic E-state index is 10.9. The number of ether oxygens (including phenoxy) is 5. The van der Waals surface area contributed by atoms with Gasteiger partial charge in [0.15, 0.2) is 6.29 Å². The molecule has 180 valence electrons. The Kier molecular flexibility index (Phi) is 9.21. The first-order valence-electron chi connectivity index (χ1n) is 11.5. The summed E-state index contributed by atoms with van der Waals surface area (Å²) in [6.45, 7) is 1.38. The average Bonchev–Trinajstić information content (AvgIpc) is 2.88. The van der Waals surface area contributed by atoms with E-state index in [-0.39, 0.29) is 6.61 Å². The maximum Gasteiger partial charge on any atom is 0.184 e. The number of hydrogen-bond donors (Lipinski definition) is 1. The van der Waals surface area contributed by atoms with E-state index in [4.69, 9.17) is 23.7 Å². The summed E-state index contributed by atoms with van der Waals surface area (Å²) in [6, 6.07) is 29.6. The van der Waals surface area contributed by atoms with Crippen molar-refractivity contribution >= 4 is 0 Å². The van der Waals surface area contributed by atoms with Crippen molar-refractivity contribution in [2.24, 2.45) is 0 Å². The molecule has 0 saturated carbocycles. The molecule has 1 aliphatic rings. The number of methoxy groups -OCH3 is 1. The van der Waals surface area contributed by atoms with E-state index in [0.717, 1.165) is 16.7 Å². The fourth-order valence-corrected chi connectivity index (χ4v) is 4.08. The molecule has 1 N–H and O–H groups in total. The summed E-state index contributed by atoms with van der Waals surface area (Å²) in [5.41, 5.74) is 3.09. The van der Waals surface area contributed by atoms with E-state index in [1.54, 1.807) is 7.11 Å². The third kappa shape index (κ3) is 6.73. The highest BCUT2D eigenvalue weighted by Crippen LogP contribution is 2.29. The lowest BCUT2D eigenvalue weighted by molar-refractivity contribution is -0.312. The van der Waals surface area contributed by atoms with Gasteiger partial charge in [0.1, 0.15) is 24.4 Å². The van der Waals surface area contributed by atoms with Crippen molar-refractivity contribution in [1.29, 1.82) is 0 Å². The summed E-state index contributed by atoms with van der Waals surface area (Å²) in [6.07, 6.45) is -3.45. The Balaban J connectivity index is 1.45. The van der Waals surface area contributed by atoms with Crippen LogP contribution in [0.1, 0.15) is 16.7 Å². The minimum Gasteiger partial charge on any atom is -0.376 e. The molecule has 0 unspecified atom stereocenters. The number of rotatable bonds is 11. The zero-order chi connectivity index (χ0) is 23.6. The Hall–Kier alpha value is -2.58. The van der Waals surface area contributed by atoms with Crippen molar-refractivity contribution in [2.75, 3.05) is 13.7 Å². The summed E-state index contributed by atoms with van der Waals surface area (Å²) in [5.74, 6) is 0. The quantitative estimate of drug-likeness (QED) is 0.461. The topological polar surface area (TPSA) is 66.4 Å². The molecule has 3 aromatic rings. The smallest absolute Gasteiger partial charge is 0.184 e. The SMILES string of the molecule is CO[C@H]1[C@H](OCc2ccccc2)[C@H](OCc2ccccc2)[C@@H](O)O[C@@H]1COCc1ccccc1. The van der Waals surface area contributed by atoms with Crippen molar-refractivity contribution in [2.45, 2.75) is 50.5 Å². The zero-order valence-corrected chi connectivity index (χ0v) is 19.4. The lowest BCUT2D eigenvalue weighted by Crippen LogP contribution is -2.61. The van der Waals surface area contributed by atoms with Crippen molar-refractivity contribution in [3.63, 3.8) is 0 Å². The first kappa shape index (κ1) is 24.5. The highest BCUT2D eigenvalue weighted by molar-refractivity contribution is 5.15. The molecule has 34 heavy (non-hydrogen) atoms. The molecule has 0 amide bonds. The van der Waals surface area contributed by atoms with Gasteiger partial charge in [0.2, 0.25) is 0 Å². The minimum absolute atomic E-state index is 0.251. The van der Waals surface area contributed by atoms with Crippen molar-refractivity contribution in [1.82, 2.24) is 0 Å². The van der Waals surface area contributed by atoms with E-state index < -0.39 is 30.7 Å². The van der Waals surface area contributed by atoms with Crippen molar-refractivity contribution < 1.29 is 28.8 Å². The van der Waals surface area contributed by atoms with Gasteiger partial charge in [-0.15, -0.1) is 0 Å². The van der Waals surface area contributed by atoms with Crippen LogP contribution in [0.5, 0.6) is 0 Å². The summed E-state index contributed by atoms with van der Waals surface area (Å²) < 4.78 is 30.0. The average molecular weight is 465 g/mol. The minimum atomic E-state index is -1.18. The molecule has 1 heterocycles. The molecule has 0 bridgehead atoms. The van der Waals surface area contributed by atoms with Crippen LogP contribution in [0.3, 0.4) is 0 Å². The third-order valence-electron chi connectivity index (χ3n) is 5.85. The fourth-order valence-electron chi connectivity index (χ4n) is 4.08. The van der Waals surface area contributed by atoms with Crippen LogP contribution in [0.2, 0.25) is 0 Å². The summed E-state index contributed by atoms with van der Waals surface area (Å²) in [4.78, 5) is 0. The summed E-state index contributed by atoms with van der Waals surface area (Å²) >= 11 is 0. The highest BCUT2D eigenvalue weighted by Gasteiger charge is 2.47. The Morgan fingerprint density at radius 2 is 1.12 bits per heavy atom. The van der Waals surface area contributed by atoms with Crippen LogP contribution in [0.4, 0.5) is 0 Å². The van der Waals surface area contributed by atoms with Gasteiger partial charge in [-0.3, -0.25) is 0 Å². The Morgan fingerprint density at radius 1 is 0.647 bits per heavy atom. The number of benzene rings is 3. The first-order valence-corrected chi connectivity index (χ1v) is 11.5. The first-order chi connectivity index (χ1) is 16.7. The number of hydrogen-bond acceptors (Lipinski definition) is 6. The summed E-state index contributed by atoms with van der Waals surface area (Å²) in [7, 11) is 1.61. The predicted molar refractivity (Wildman–Crippen MR) is 128 cm³/mol. The van der Waals surface area contributed by atoms with Crippen LogP contribution >= 0.6 is 0 Å². The van der Waals surface area contributed by atoms with Crippen LogP contribution in [0.15, 0.2) is 91.0 Å². The maximum atomic E-state index is 10.9. The molecule has 0 aromatic heterocycles. The van der Waals surface area contributed by atoms with Crippen LogP contribution in [0, 0.1) is 0 Å². The Bertz CT molecular complexity index is 952. The molecule has 1 saturated heterocycles. The second kappa shape index (κ2) is 12.8. The number of aliphatic hydroxyl groups excluding tert-OH is 1. The molecule has 0 radical (unpaired) electrons. The molecule has 5 atom stereocenters. The standard InChI is InChI=1S/C28H32O6/c1-30-25-24(20-31-17-21-11-5-2-6-12-21)34-28(29)27(33-19-23-15-9-4-10-16-23)26(25)32-18-22-13-7-3-8-14-22/h2-16,24-29H,17-20H2,1H3/t24-,25-,26+,27+,28+/m1/s1. The van der Waals surface area contributed by atoms with Crippen LogP contribution in [0.25, 0.3) is 0 Å². The Labute approximate surface area is 201 Å². The molecule has 0 spiro atoms. The molecular weight excluding hydrogens is 432 g/mol. The van der Waals surface area contributed by atoms with Gasteiger partial charge in [-0.05, 0) is 16.7 Å². The van der Waals surface area contributed by atoms with Gasteiger partial charge >= 0.3 is 0 Å². The molecule has 4 rings (SSSR count). The molecule has 6 nitrogen and oxygen atoms in total. The normalized spacial score (nSPS) is 24.7. The molecule has 3 aromatic carbocycles. The van der Waals surface area contributed by atoms with E-state index >= 15 is 0 Å². The van der Waals surface area contributed by atoms with E-state index in [1.807, 2.05) is 91.0 Å². The zero-order valence-electron chi connectivity index (χ0n) is 19.4. The molecule has 6 heteroatoms. The van der Waals surface area contributed by atoms with Gasteiger partial charge in [0, 0.05) is 7.11 Å². The van der Waals surface area contributed by atoms with E-state index in [0.29, 0.717) is 19.8 Å². The van der Waals surface area contributed by atoms with Crippen molar-refractivity contribution in [3.05, 3.63) is 108 Å². The van der Waals surface area contributed by atoms with Crippen LogP contribution in [-0.4, -0.2) is 49.5 Å². The van der Waals surface area contributed by atoms with Crippen LogP contribution < -0.4 is 0 Å². The van der Waals surface area contributed by atoms with Gasteiger partial charge in [0.05, 0.1) is 26.4 Å². The van der Waals surface area contributed by atoms with E-state index in [1.165, 1.54) is 0 Å². The second-order valence-corrected chi connectivity index (χ2v) is 8.29. The molecule has 1 aliphatic heterocycles. The second-order valence-electron chi connectivity index (χ2n) is 8.29. The highest BCUT2D eigenvalue weighted by atomic mass is 16.7. The predicted octanol–water partition coefficient (Wildman–Crippen LogP) is 4.11. The van der Waals surface area contributed by atoms with Gasteiger partial charge < -0.3 is 28.8 Å². The lowest BCUT2D eigenvalue weighted by atomic mass is 9.98. The van der Waals surface area contributed by atoms with E-state index in [9.17, 15) is 5.11 Å². The largest absolute Gasteiger partial charge is 0.376 e. The van der Waals surface area contributed by atoms with Crippen LogP contribution in [-0.2, 0) is 43.5 Å². The third-order valence-corrected chi connectivity index (χ3v) is 5.85. The van der Waals surface area contributed by atoms with E-state index in [2.05, 4.69) is 0 Å². The monoisotopic (exact) mass is 464 g/mol. The molecule has 0 aliphatic carbocycles. The van der Waals surface area contributed by atoms with Gasteiger partial charge in [-0.1, -0.05) is 91.0 Å². The fraction of sp³-hybridized carbons (Fsp3) is 0.357.